The fourth-order valence-electron chi connectivity index (χ4n) is 6.84. The van der Waals surface area contributed by atoms with Crippen LogP contribution in [0.15, 0.2) is 91.0 Å². The van der Waals surface area contributed by atoms with Gasteiger partial charge in [-0.3, -0.25) is 4.90 Å². The van der Waals surface area contributed by atoms with E-state index in [1.54, 1.807) is 6.92 Å². The van der Waals surface area contributed by atoms with Gasteiger partial charge in [-0.25, -0.2) is 4.79 Å². The third-order valence-electron chi connectivity index (χ3n) is 8.95. The largest absolute Gasteiger partial charge is 0.457 e. The van der Waals surface area contributed by atoms with Crippen LogP contribution in [0.5, 0.6) is 0 Å². The molecule has 4 aromatic carbocycles. The first kappa shape index (κ1) is 27.5. The smallest absolute Gasteiger partial charge is 0.333 e. The van der Waals surface area contributed by atoms with E-state index in [0.717, 1.165) is 44.7 Å². The molecule has 0 atom stereocenters. The lowest BCUT2D eigenvalue weighted by atomic mass is 10.1. The summed E-state index contributed by atoms with van der Waals surface area (Å²) in [5, 5.41) is 5.17. The van der Waals surface area contributed by atoms with Crippen molar-refractivity contribution in [2.24, 2.45) is 0 Å². The van der Waals surface area contributed by atoms with Gasteiger partial charge in [-0.2, -0.15) is 0 Å². The van der Waals surface area contributed by atoms with Crippen LogP contribution in [-0.2, 0) is 42.3 Å². The molecule has 5 nitrogen and oxygen atoms in total. The Kier molecular flexibility index (Phi) is 7.28. The first-order valence-corrected chi connectivity index (χ1v) is 15.6. The first-order valence-electron chi connectivity index (χ1n) is 15.6. The van der Waals surface area contributed by atoms with E-state index in [0.29, 0.717) is 5.57 Å². The van der Waals surface area contributed by atoms with Crippen LogP contribution in [0.4, 0.5) is 0 Å². The number of fused-ring (bicyclic) bond motifs is 2. The molecule has 2 aromatic heterocycles. The monoisotopic (exact) mass is 569 g/mol. The second-order valence-electron chi connectivity index (χ2n) is 12.1. The van der Waals surface area contributed by atoms with Crippen LogP contribution < -0.4 is 0 Å². The van der Waals surface area contributed by atoms with Gasteiger partial charge in [0.15, 0.2) is 0 Å². The molecule has 6 heterocycles. The molecular formula is C38H39N3O2. The summed E-state index contributed by atoms with van der Waals surface area (Å²) in [6.45, 7) is 12.7. The first-order chi connectivity index (χ1) is 21.0. The second-order valence-corrected chi connectivity index (χ2v) is 12.1. The fraction of sp³-hybridized carbons (Fsp3) is 0.289. The number of rotatable bonds is 6. The molecule has 4 aliphatic rings. The number of nitrogens with zero attached hydrogens (tertiary/aromatic N) is 3. The molecule has 8 bridgehead atoms. The molecular weight excluding hydrogens is 530 g/mol. The summed E-state index contributed by atoms with van der Waals surface area (Å²) in [7, 11) is 0. The Labute approximate surface area is 253 Å². The lowest BCUT2D eigenvalue weighted by Gasteiger charge is -2.23. The molecule has 0 saturated carbocycles. The molecule has 0 aliphatic carbocycles. The van der Waals surface area contributed by atoms with Crippen LogP contribution in [0.25, 0.3) is 43.6 Å². The predicted molar refractivity (Wildman–Crippen MR) is 177 cm³/mol. The van der Waals surface area contributed by atoms with Gasteiger partial charge in [0.25, 0.3) is 0 Å². The van der Waals surface area contributed by atoms with E-state index in [1.807, 2.05) is 0 Å². The number of aromatic nitrogens is 2. The van der Waals surface area contributed by atoms with E-state index >= 15 is 0 Å². The van der Waals surface area contributed by atoms with E-state index in [9.17, 15) is 4.79 Å². The molecule has 0 saturated heterocycles. The summed E-state index contributed by atoms with van der Waals surface area (Å²) in [6, 6.07) is 29.5. The highest BCUT2D eigenvalue weighted by molar-refractivity contribution is 6.09. The van der Waals surface area contributed by atoms with Crippen molar-refractivity contribution in [3.63, 3.8) is 0 Å². The van der Waals surface area contributed by atoms with Crippen LogP contribution in [0, 0.1) is 0 Å². The maximum absolute atomic E-state index is 12.1. The SMILES string of the molecule is C=C(C)C(=O)OCc1ccc2c(c1)c1cc3ccc1n2CCCn1c2ccccc2c2cc(ccc21)CN(CCCC)C3. The molecule has 0 radical (unpaired) electrons. The molecule has 4 aliphatic heterocycles. The van der Waals surface area contributed by atoms with Gasteiger partial charge < -0.3 is 13.9 Å². The molecule has 218 valence electrons. The fourth-order valence-corrected chi connectivity index (χ4v) is 6.84. The number of carbonyl (C=O) groups excluding carboxylic acids is 1. The van der Waals surface area contributed by atoms with Gasteiger partial charge in [0.05, 0.1) is 0 Å². The number of para-hydroxylation sites is 1. The molecule has 43 heavy (non-hydrogen) atoms. The third kappa shape index (κ3) is 5.12. The van der Waals surface area contributed by atoms with E-state index in [2.05, 4.69) is 106 Å². The van der Waals surface area contributed by atoms with Crippen LogP contribution in [-0.4, -0.2) is 26.5 Å². The molecule has 0 N–H and O–H groups in total. The minimum atomic E-state index is -0.352. The zero-order valence-electron chi connectivity index (χ0n) is 25.2. The van der Waals surface area contributed by atoms with Crippen LogP contribution in [0.2, 0.25) is 0 Å². The highest BCUT2D eigenvalue weighted by atomic mass is 16.5. The molecule has 10 rings (SSSR count). The number of esters is 1. The van der Waals surface area contributed by atoms with Gasteiger partial charge in [-0.1, -0.05) is 56.3 Å². The molecule has 0 spiro atoms. The Balaban J connectivity index is 1.35. The van der Waals surface area contributed by atoms with Gasteiger partial charge in [0, 0.05) is 75.4 Å². The van der Waals surface area contributed by atoms with Gasteiger partial charge >= 0.3 is 5.97 Å². The molecule has 0 unspecified atom stereocenters. The van der Waals surface area contributed by atoms with Crippen LogP contribution in [0.1, 0.15) is 49.8 Å². The summed E-state index contributed by atoms with van der Waals surface area (Å²) >= 11 is 0. The summed E-state index contributed by atoms with van der Waals surface area (Å²) in [6.07, 6.45) is 3.36. The van der Waals surface area contributed by atoms with Gasteiger partial charge in [-0.15, -0.1) is 0 Å². The predicted octanol–water partition coefficient (Wildman–Crippen LogP) is 8.73. The number of ether oxygens (including phenoxy) is 1. The van der Waals surface area contributed by atoms with Crippen molar-refractivity contribution in [1.82, 2.24) is 14.0 Å². The van der Waals surface area contributed by atoms with Crippen molar-refractivity contribution in [3.05, 3.63) is 108 Å². The summed E-state index contributed by atoms with van der Waals surface area (Å²) in [5.74, 6) is -0.352. The van der Waals surface area contributed by atoms with E-state index < -0.39 is 0 Å². The van der Waals surface area contributed by atoms with Crippen LogP contribution >= 0.6 is 0 Å². The van der Waals surface area contributed by atoms with E-state index in [4.69, 9.17) is 4.74 Å². The minimum Gasteiger partial charge on any atom is -0.457 e. The molecule has 5 heteroatoms. The Morgan fingerprint density at radius 2 is 1.35 bits per heavy atom. The number of benzene rings is 4. The maximum Gasteiger partial charge on any atom is 0.333 e. The van der Waals surface area contributed by atoms with Crippen molar-refractivity contribution < 1.29 is 9.53 Å². The van der Waals surface area contributed by atoms with E-state index in [1.165, 1.54) is 67.6 Å². The Morgan fingerprint density at radius 1 is 0.767 bits per heavy atom. The summed E-state index contributed by atoms with van der Waals surface area (Å²) in [4.78, 5) is 14.7. The molecule has 0 amide bonds. The average molecular weight is 570 g/mol. The Hall–Kier alpha value is -4.35. The average Bonchev–Trinajstić information content (AvgIpc) is 3.49. The second kappa shape index (κ2) is 11.4. The maximum atomic E-state index is 12.1. The highest BCUT2D eigenvalue weighted by Gasteiger charge is 2.17. The zero-order valence-corrected chi connectivity index (χ0v) is 25.2. The number of carbonyl (C=O) groups is 1. The number of unbranched alkanes of at least 4 members (excludes halogenated alkanes) is 1. The third-order valence-corrected chi connectivity index (χ3v) is 8.95. The lowest BCUT2D eigenvalue weighted by Crippen LogP contribution is -2.24. The quantitative estimate of drug-likeness (QED) is 0.149. The van der Waals surface area contributed by atoms with Crippen molar-refractivity contribution in [2.75, 3.05) is 6.54 Å². The summed E-state index contributed by atoms with van der Waals surface area (Å²) < 4.78 is 10.5. The van der Waals surface area contributed by atoms with Gasteiger partial charge in [0.2, 0.25) is 0 Å². The molecule has 6 aromatic rings. The summed E-state index contributed by atoms with van der Waals surface area (Å²) in [5.41, 5.74) is 9.20. The van der Waals surface area contributed by atoms with Crippen molar-refractivity contribution >= 4 is 49.6 Å². The zero-order chi connectivity index (χ0) is 29.5. The Bertz CT molecular complexity index is 2010. The highest BCUT2D eigenvalue weighted by Crippen LogP contribution is 2.34. The normalized spacial score (nSPS) is 14.3. The topological polar surface area (TPSA) is 39.4 Å². The van der Waals surface area contributed by atoms with E-state index in [-0.39, 0.29) is 12.6 Å². The standard InChI is InChI=1S/C38H39N3O2/c1-4-5-17-39-23-27-11-14-35-31(20-27)30-9-6-7-10-34(30)40(35)18-8-19-41-36-15-12-28(24-39)21-32(36)33-22-29(13-16-37(33)41)25-43-38(42)26(2)3/h6-7,9-16,20-22H,2,4-5,8,17-19,23-25H2,1,3H3. The Morgan fingerprint density at radius 3 is 2.00 bits per heavy atom. The number of hydrogen-bond donors (Lipinski definition) is 0. The molecule has 0 fully saturated rings. The lowest BCUT2D eigenvalue weighted by molar-refractivity contribution is -0.140. The van der Waals surface area contributed by atoms with Crippen molar-refractivity contribution in [1.29, 1.82) is 0 Å². The minimum absolute atomic E-state index is 0.243. The number of aryl methyl sites for hydroxylation is 2. The van der Waals surface area contributed by atoms with Gasteiger partial charge in [-0.05, 0) is 85.5 Å². The van der Waals surface area contributed by atoms with Gasteiger partial charge in [0.1, 0.15) is 6.61 Å². The van der Waals surface area contributed by atoms with Crippen LogP contribution in [0.3, 0.4) is 0 Å². The van der Waals surface area contributed by atoms with Crippen molar-refractivity contribution in [2.45, 2.75) is 65.9 Å². The van der Waals surface area contributed by atoms with Crippen molar-refractivity contribution in [3.8, 4) is 0 Å². The number of hydrogen-bond acceptors (Lipinski definition) is 3.